The van der Waals surface area contributed by atoms with Crippen LogP contribution < -0.4 is 11.1 Å². The van der Waals surface area contributed by atoms with E-state index in [0.717, 1.165) is 32.1 Å². The van der Waals surface area contributed by atoms with Crippen LogP contribution >= 0.6 is 0 Å². The maximum Gasteiger partial charge on any atom is 0.416 e. The molecule has 0 bridgehead atoms. The molecule has 0 radical (unpaired) electrons. The molecule has 35 heavy (non-hydrogen) atoms. The second kappa shape index (κ2) is 10.8. The van der Waals surface area contributed by atoms with E-state index in [1.165, 1.54) is 0 Å². The van der Waals surface area contributed by atoms with Crippen LogP contribution in [0.2, 0.25) is 0 Å². The van der Waals surface area contributed by atoms with E-state index in [2.05, 4.69) is 5.32 Å². The molecule has 0 aromatic heterocycles. The number of carbonyl (C=O) groups excluding carboxylic acids is 2. The highest BCUT2D eigenvalue weighted by Gasteiger charge is 2.37. The Bertz CT molecular complexity index is 869. The van der Waals surface area contributed by atoms with Crippen molar-refractivity contribution in [3.05, 3.63) is 29.3 Å². The lowest BCUT2D eigenvalue weighted by atomic mass is 9.79. The molecule has 2 fully saturated rings. The van der Waals surface area contributed by atoms with Crippen LogP contribution in [0.5, 0.6) is 0 Å². The van der Waals surface area contributed by atoms with Crippen molar-refractivity contribution in [3.63, 3.8) is 0 Å². The van der Waals surface area contributed by atoms with Gasteiger partial charge in [0.15, 0.2) is 0 Å². The zero-order chi connectivity index (χ0) is 25.9. The van der Waals surface area contributed by atoms with Crippen molar-refractivity contribution in [1.29, 1.82) is 0 Å². The Hall–Kier alpha value is -2.30. The normalized spacial score (nSPS) is 19.5. The quantitative estimate of drug-likeness (QED) is 0.483. The fraction of sp³-hybridized carbons (Fsp3) is 0.667. The first-order chi connectivity index (χ1) is 16.2. The molecule has 2 aliphatic rings. The van der Waals surface area contributed by atoms with Crippen molar-refractivity contribution >= 4 is 17.5 Å². The monoisotopic (exact) mass is 507 g/mol. The second-order valence-corrected chi connectivity index (χ2v) is 9.81. The number of nitrogens with zero attached hydrogens (tertiary/aromatic N) is 1. The average molecular weight is 508 g/mol. The molecular formula is C24H31F6N3O2. The molecule has 5 nitrogen and oxygen atoms in total. The van der Waals surface area contributed by atoms with Gasteiger partial charge < -0.3 is 16.0 Å². The molecule has 1 heterocycles. The summed E-state index contributed by atoms with van der Waals surface area (Å²) in [5.74, 6) is -0.479. The van der Waals surface area contributed by atoms with Crippen LogP contribution in [0.1, 0.15) is 75.3 Å². The highest BCUT2D eigenvalue weighted by atomic mass is 19.4. The third-order valence-corrected chi connectivity index (χ3v) is 6.97. The molecule has 11 heteroatoms. The van der Waals surface area contributed by atoms with Gasteiger partial charge in [0.25, 0.3) is 0 Å². The van der Waals surface area contributed by atoms with Crippen LogP contribution in [0.3, 0.4) is 0 Å². The van der Waals surface area contributed by atoms with Gasteiger partial charge in [0, 0.05) is 37.2 Å². The van der Waals surface area contributed by atoms with Gasteiger partial charge in [-0.15, -0.1) is 0 Å². The van der Waals surface area contributed by atoms with E-state index in [4.69, 9.17) is 5.73 Å². The van der Waals surface area contributed by atoms with Gasteiger partial charge in [0.05, 0.1) is 11.1 Å². The molecule has 1 aromatic rings. The van der Waals surface area contributed by atoms with Gasteiger partial charge in [-0.1, -0.05) is 19.3 Å². The first-order valence-electron chi connectivity index (χ1n) is 11.9. The fourth-order valence-corrected chi connectivity index (χ4v) is 4.90. The molecule has 0 unspecified atom stereocenters. The molecule has 2 amide bonds. The molecule has 3 rings (SSSR count). The number of nitrogens with two attached hydrogens (primary N) is 1. The number of likely N-dealkylation sites (tertiary alicyclic amines) is 1. The molecule has 1 saturated heterocycles. The maximum atomic E-state index is 13.0. The lowest BCUT2D eigenvalue weighted by Gasteiger charge is -2.37. The minimum Gasteiger partial charge on any atom is -0.343 e. The van der Waals surface area contributed by atoms with Crippen molar-refractivity contribution in [1.82, 2.24) is 4.90 Å². The number of amides is 2. The predicted octanol–water partition coefficient (Wildman–Crippen LogP) is 5.73. The number of anilines is 1. The Labute approximate surface area is 200 Å². The first kappa shape index (κ1) is 27.3. The van der Waals surface area contributed by atoms with Gasteiger partial charge in [0.1, 0.15) is 0 Å². The smallest absolute Gasteiger partial charge is 0.343 e. The SMILES string of the molecule is NC1(CC(=O)N2CCC(CCC(=O)Nc3cc(C(F)(F)F)cc(C(F)(F)F)c3)CC2)CCCCC1. The van der Waals surface area contributed by atoms with E-state index >= 15 is 0 Å². The molecule has 1 saturated carbocycles. The predicted molar refractivity (Wildman–Crippen MR) is 118 cm³/mol. The number of hydrogen-bond donors (Lipinski definition) is 2. The zero-order valence-electron chi connectivity index (χ0n) is 19.4. The van der Waals surface area contributed by atoms with Gasteiger partial charge in [-0.25, -0.2) is 0 Å². The van der Waals surface area contributed by atoms with Crippen LogP contribution in [0.15, 0.2) is 18.2 Å². The molecular weight excluding hydrogens is 476 g/mol. The fourth-order valence-electron chi connectivity index (χ4n) is 4.90. The lowest BCUT2D eigenvalue weighted by molar-refractivity contribution is -0.143. The van der Waals surface area contributed by atoms with E-state index in [1.54, 1.807) is 4.90 Å². The van der Waals surface area contributed by atoms with Gasteiger partial charge >= 0.3 is 12.4 Å². The van der Waals surface area contributed by atoms with Gasteiger partial charge in [0.2, 0.25) is 11.8 Å². The number of nitrogens with one attached hydrogen (secondary N) is 1. The average Bonchev–Trinajstić information content (AvgIpc) is 2.77. The minimum absolute atomic E-state index is 0.0193. The standard InChI is InChI=1S/C24H31F6N3O2/c25-23(26,27)17-12-18(24(28,29)30)14-19(13-17)32-20(34)5-4-16-6-10-33(11-7-16)21(35)15-22(31)8-2-1-3-9-22/h12-14,16H,1-11,15,31H2,(H,32,34). The van der Waals surface area contributed by atoms with Crippen LogP contribution in [-0.2, 0) is 21.9 Å². The second-order valence-electron chi connectivity index (χ2n) is 9.81. The summed E-state index contributed by atoms with van der Waals surface area (Å²) in [4.78, 5) is 26.7. The van der Waals surface area contributed by atoms with E-state index in [9.17, 15) is 35.9 Å². The van der Waals surface area contributed by atoms with Crippen LogP contribution in [0.4, 0.5) is 32.0 Å². The van der Waals surface area contributed by atoms with E-state index in [0.29, 0.717) is 50.9 Å². The molecule has 0 spiro atoms. The number of benzene rings is 1. The first-order valence-corrected chi connectivity index (χ1v) is 11.9. The lowest BCUT2D eigenvalue weighted by Crippen LogP contribution is -2.48. The third kappa shape index (κ3) is 7.85. The van der Waals surface area contributed by atoms with Gasteiger partial charge in [-0.3, -0.25) is 9.59 Å². The van der Waals surface area contributed by atoms with Crippen LogP contribution in [0, 0.1) is 5.92 Å². The van der Waals surface area contributed by atoms with Crippen molar-refractivity contribution in [2.75, 3.05) is 18.4 Å². The number of alkyl halides is 6. The van der Waals surface area contributed by atoms with Crippen molar-refractivity contribution in [2.45, 2.75) is 82.1 Å². The van der Waals surface area contributed by atoms with Gasteiger partial charge in [-0.05, 0) is 56.2 Å². The van der Waals surface area contributed by atoms with E-state index in [1.807, 2.05) is 0 Å². The molecule has 0 atom stereocenters. The summed E-state index contributed by atoms with van der Waals surface area (Å²) in [7, 11) is 0. The van der Waals surface area contributed by atoms with Gasteiger partial charge in [-0.2, -0.15) is 26.3 Å². The summed E-state index contributed by atoms with van der Waals surface area (Å²) in [5.41, 5.74) is 2.45. The largest absolute Gasteiger partial charge is 0.416 e. The molecule has 3 N–H and O–H groups in total. The number of piperidine rings is 1. The van der Waals surface area contributed by atoms with Crippen LogP contribution in [0.25, 0.3) is 0 Å². The van der Waals surface area contributed by atoms with E-state index in [-0.39, 0.29) is 24.3 Å². The Kier molecular flexibility index (Phi) is 8.39. The molecule has 1 aliphatic carbocycles. The Morgan fingerprint density at radius 1 is 0.943 bits per heavy atom. The summed E-state index contributed by atoms with van der Waals surface area (Å²) in [6, 6.07) is 1.01. The summed E-state index contributed by atoms with van der Waals surface area (Å²) >= 11 is 0. The number of rotatable bonds is 6. The molecule has 1 aromatic carbocycles. The Balaban J connectivity index is 1.48. The summed E-state index contributed by atoms with van der Waals surface area (Å²) < 4.78 is 77.9. The molecule has 1 aliphatic heterocycles. The summed E-state index contributed by atoms with van der Waals surface area (Å²) in [6.45, 7) is 1.09. The van der Waals surface area contributed by atoms with Crippen LogP contribution in [-0.4, -0.2) is 35.3 Å². The topological polar surface area (TPSA) is 75.4 Å². The Morgan fingerprint density at radius 2 is 1.49 bits per heavy atom. The van der Waals surface area contributed by atoms with Crippen molar-refractivity contribution in [2.24, 2.45) is 11.7 Å². The number of hydrogen-bond acceptors (Lipinski definition) is 3. The Morgan fingerprint density at radius 3 is 2.00 bits per heavy atom. The van der Waals surface area contributed by atoms with Crippen molar-refractivity contribution in [3.8, 4) is 0 Å². The molecule has 196 valence electrons. The summed E-state index contributed by atoms with van der Waals surface area (Å²) in [5, 5.41) is 2.17. The summed E-state index contributed by atoms with van der Waals surface area (Å²) in [6.07, 6.45) is -2.97. The van der Waals surface area contributed by atoms with Crippen molar-refractivity contribution < 1.29 is 35.9 Å². The minimum atomic E-state index is -4.98. The van der Waals surface area contributed by atoms with E-state index < -0.39 is 40.6 Å². The number of carbonyl (C=O) groups is 2. The maximum absolute atomic E-state index is 13.0. The highest BCUT2D eigenvalue weighted by molar-refractivity contribution is 5.91. The zero-order valence-corrected chi connectivity index (χ0v) is 19.4. The third-order valence-electron chi connectivity index (χ3n) is 6.97. The number of halogens is 6. The highest BCUT2D eigenvalue weighted by Crippen LogP contribution is 2.37.